The Morgan fingerprint density at radius 3 is 2.05 bits per heavy atom. The van der Waals surface area contributed by atoms with E-state index in [2.05, 4.69) is 0 Å². The number of benzene rings is 1. The summed E-state index contributed by atoms with van der Waals surface area (Å²) in [7, 11) is -3.41. The summed E-state index contributed by atoms with van der Waals surface area (Å²) in [6, 6.07) is 3.88. The van der Waals surface area contributed by atoms with E-state index >= 15 is 0 Å². The van der Waals surface area contributed by atoms with Crippen molar-refractivity contribution in [2.75, 3.05) is 13.1 Å². The first kappa shape index (κ1) is 17.4. The number of ether oxygens (including phenoxy) is 1. The van der Waals surface area contributed by atoms with Gasteiger partial charge < -0.3 is 4.74 Å². The minimum Gasteiger partial charge on any atom is -0.375 e. The first-order chi connectivity index (χ1) is 10.2. The summed E-state index contributed by atoms with van der Waals surface area (Å²) in [5.41, 5.74) is 2.76. The van der Waals surface area contributed by atoms with Gasteiger partial charge in [-0.2, -0.15) is 4.31 Å². The van der Waals surface area contributed by atoms with Crippen molar-refractivity contribution < 1.29 is 13.2 Å². The zero-order valence-electron chi connectivity index (χ0n) is 14.2. The van der Waals surface area contributed by atoms with Gasteiger partial charge in [0.25, 0.3) is 0 Å². The van der Waals surface area contributed by atoms with Gasteiger partial charge >= 0.3 is 0 Å². The number of aryl methyl sites for hydroxylation is 3. The summed E-state index contributed by atoms with van der Waals surface area (Å²) in [4.78, 5) is 0.473. The molecule has 0 radical (unpaired) electrons. The highest BCUT2D eigenvalue weighted by Crippen LogP contribution is 2.28. The summed E-state index contributed by atoms with van der Waals surface area (Å²) in [5.74, 6) is 0. The van der Waals surface area contributed by atoms with Crippen LogP contribution >= 0.6 is 0 Å². The smallest absolute Gasteiger partial charge is 0.243 e. The lowest BCUT2D eigenvalue weighted by atomic mass is 10.1. The van der Waals surface area contributed by atoms with Crippen molar-refractivity contribution in [1.29, 1.82) is 0 Å². The molecule has 1 aromatic rings. The minimum atomic E-state index is -3.41. The molecule has 1 fully saturated rings. The molecule has 5 heteroatoms. The SMILES string of the molecule is Cc1cc(C)c(S(=O)(=O)N2CCC(OC(C)C)CC2)c(C)c1. The largest absolute Gasteiger partial charge is 0.375 e. The monoisotopic (exact) mass is 325 g/mol. The molecule has 1 aliphatic rings. The van der Waals surface area contributed by atoms with Crippen LogP contribution in [-0.2, 0) is 14.8 Å². The van der Waals surface area contributed by atoms with Crippen LogP contribution in [0, 0.1) is 20.8 Å². The zero-order valence-corrected chi connectivity index (χ0v) is 15.0. The normalized spacial score (nSPS) is 18.1. The summed E-state index contributed by atoms with van der Waals surface area (Å²) in [6.45, 7) is 10.8. The van der Waals surface area contributed by atoms with Crippen molar-refractivity contribution in [2.24, 2.45) is 0 Å². The average molecular weight is 325 g/mol. The van der Waals surface area contributed by atoms with Gasteiger partial charge in [-0.1, -0.05) is 17.7 Å². The molecule has 1 saturated heterocycles. The Bertz CT molecular complexity index is 606. The Labute approximate surface area is 134 Å². The number of hydrogen-bond acceptors (Lipinski definition) is 3. The van der Waals surface area contributed by atoms with E-state index in [1.807, 2.05) is 46.8 Å². The maximum atomic E-state index is 13.0. The van der Waals surface area contributed by atoms with Gasteiger partial charge in [-0.05, 0) is 58.6 Å². The van der Waals surface area contributed by atoms with E-state index in [0.29, 0.717) is 18.0 Å². The lowest BCUT2D eigenvalue weighted by Gasteiger charge is -2.32. The molecule has 0 N–H and O–H groups in total. The van der Waals surface area contributed by atoms with E-state index in [0.717, 1.165) is 29.5 Å². The van der Waals surface area contributed by atoms with Gasteiger partial charge in [0.1, 0.15) is 0 Å². The molecule has 0 spiro atoms. The fourth-order valence-electron chi connectivity index (χ4n) is 3.30. The van der Waals surface area contributed by atoms with Crippen LogP contribution in [0.1, 0.15) is 43.4 Å². The number of nitrogens with zero attached hydrogens (tertiary/aromatic N) is 1. The van der Waals surface area contributed by atoms with Crippen LogP contribution < -0.4 is 0 Å². The average Bonchev–Trinajstić information content (AvgIpc) is 2.36. The Morgan fingerprint density at radius 2 is 1.59 bits per heavy atom. The van der Waals surface area contributed by atoms with Crippen LogP contribution in [0.25, 0.3) is 0 Å². The van der Waals surface area contributed by atoms with Crippen LogP contribution in [0.2, 0.25) is 0 Å². The van der Waals surface area contributed by atoms with Gasteiger partial charge in [-0.25, -0.2) is 8.42 Å². The van der Waals surface area contributed by atoms with Crippen molar-refractivity contribution in [3.63, 3.8) is 0 Å². The van der Waals surface area contributed by atoms with E-state index in [9.17, 15) is 8.42 Å². The fourth-order valence-corrected chi connectivity index (χ4v) is 5.18. The van der Waals surface area contributed by atoms with E-state index in [1.165, 1.54) is 0 Å². The molecule has 124 valence electrons. The van der Waals surface area contributed by atoms with Crippen LogP contribution in [-0.4, -0.2) is 38.0 Å². The van der Waals surface area contributed by atoms with Crippen molar-refractivity contribution in [3.05, 3.63) is 28.8 Å². The number of sulfonamides is 1. The van der Waals surface area contributed by atoms with Crippen molar-refractivity contribution in [2.45, 2.75) is 64.6 Å². The third-order valence-electron chi connectivity index (χ3n) is 4.07. The number of hydrogen-bond donors (Lipinski definition) is 0. The molecule has 4 nitrogen and oxygen atoms in total. The second-order valence-electron chi connectivity index (χ2n) is 6.52. The molecular formula is C17H27NO3S. The summed E-state index contributed by atoms with van der Waals surface area (Å²) in [6.07, 6.45) is 1.89. The summed E-state index contributed by atoms with van der Waals surface area (Å²) < 4.78 is 33.3. The molecular weight excluding hydrogens is 298 g/mol. The standard InChI is InChI=1S/C17H27NO3S/c1-12(2)21-16-6-8-18(9-7-16)22(19,20)17-14(4)10-13(3)11-15(17)5/h10-12,16H,6-9H2,1-5H3. The molecule has 1 aromatic carbocycles. The molecule has 0 aliphatic carbocycles. The van der Waals surface area contributed by atoms with Gasteiger partial charge in [0.05, 0.1) is 17.1 Å². The minimum absolute atomic E-state index is 0.173. The second-order valence-corrected chi connectivity index (χ2v) is 8.39. The van der Waals surface area contributed by atoms with E-state index in [1.54, 1.807) is 4.31 Å². The molecule has 0 unspecified atom stereocenters. The highest BCUT2D eigenvalue weighted by Gasteiger charge is 2.32. The predicted molar refractivity (Wildman–Crippen MR) is 88.7 cm³/mol. The molecule has 2 rings (SSSR count). The van der Waals surface area contributed by atoms with Crippen LogP contribution in [0.5, 0.6) is 0 Å². The van der Waals surface area contributed by atoms with Gasteiger partial charge in [0.2, 0.25) is 10.0 Å². The van der Waals surface area contributed by atoms with Crippen LogP contribution in [0.4, 0.5) is 0 Å². The second kappa shape index (κ2) is 6.69. The number of piperidine rings is 1. The highest BCUT2D eigenvalue weighted by atomic mass is 32.2. The van der Waals surface area contributed by atoms with E-state index < -0.39 is 10.0 Å². The topological polar surface area (TPSA) is 46.6 Å². The molecule has 0 bridgehead atoms. The Hall–Kier alpha value is -0.910. The van der Waals surface area contributed by atoms with E-state index in [4.69, 9.17) is 4.74 Å². The molecule has 0 saturated carbocycles. The Morgan fingerprint density at radius 1 is 1.09 bits per heavy atom. The summed E-state index contributed by atoms with van der Waals surface area (Å²) in [5, 5.41) is 0. The zero-order chi connectivity index (χ0) is 16.5. The van der Waals surface area contributed by atoms with Gasteiger partial charge in [0, 0.05) is 13.1 Å². The van der Waals surface area contributed by atoms with Crippen LogP contribution in [0.3, 0.4) is 0 Å². The van der Waals surface area contributed by atoms with Gasteiger partial charge in [-0.3, -0.25) is 0 Å². The van der Waals surface area contributed by atoms with E-state index in [-0.39, 0.29) is 12.2 Å². The quantitative estimate of drug-likeness (QED) is 0.854. The van der Waals surface area contributed by atoms with Gasteiger partial charge in [-0.15, -0.1) is 0 Å². The van der Waals surface area contributed by atoms with Crippen molar-refractivity contribution in [1.82, 2.24) is 4.31 Å². The molecule has 1 heterocycles. The molecule has 0 aromatic heterocycles. The lowest BCUT2D eigenvalue weighted by Crippen LogP contribution is -2.41. The third-order valence-corrected chi connectivity index (χ3v) is 6.27. The molecule has 0 amide bonds. The summed E-state index contributed by atoms with van der Waals surface area (Å²) >= 11 is 0. The van der Waals surface area contributed by atoms with Crippen LogP contribution in [0.15, 0.2) is 17.0 Å². The maximum Gasteiger partial charge on any atom is 0.243 e. The van der Waals surface area contributed by atoms with Crippen molar-refractivity contribution >= 4 is 10.0 Å². The number of rotatable bonds is 4. The Kier molecular flexibility index (Phi) is 5.30. The third kappa shape index (κ3) is 3.70. The molecule has 22 heavy (non-hydrogen) atoms. The first-order valence-corrected chi connectivity index (χ1v) is 9.39. The first-order valence-electron chi connectivity index (χ1n) is 7.95. The lowest BCUT2D eigenvalue weighted by molar-refractivity contribution is -0.0168. The Balaban J connectivity index is 2.19. The predicted octanol–water partition coefficient (Wildman–Crippen LogP) is 3.19. The molecule has 1 aliphatic heterocycles. The molecule has 0 atom stereocenters. The highest BCUT2D eigenvalue weighted by molar-refractivity contribution is 7.89. The van der Waals surface area contributed by atoms with Gasteiger partial charge in [0.15, 0.2) is 0 Å². The maximum absolute atomic E-state index is 13.0. The fraction of sp³-hybridized carbons (Fsp3) is 0.647. The van der Waals surface area contributed by atoms with Crippen molar-refractivity contribution in [3.8, 4) is 0 Å².